The SMILES string of the molecule is CC(C)CC(CO)Nc1nc(CC(C)(C)c2ccccc2)nc(NS(C)(=O)=O)n1. The Labute approximate surface area is 173 Å². The summed E-state index contributed by atoms with van der Waals surface area (Å²) >= 11 is 0. The maximum Gasteiger partial charge on any atom is 0.241 e. The third-order valence-corrected chi connectivity index (χ3v) is 4.98. The molecule has 0 saturated carbocycles. The Morgan fingerprint density at radius 1 is 1.07 bits per heavy atom. The van der Waals surface area contributed by atoms with Crippen LogP contribution >= 0.6 is 0 Å². The smallest absolute Gasteiger partial charge is 0.241 e. The van der Waals surface area contributed by atoms with Gasteiger partial charge in [0, 0.05) is 6.42 Å². The molecule has 0 fully saturated rings. The van der Waals surface area contributed by atoms with Gasteiger partial charge < -0.3 is 10.4 Å². The quantitative estimate of drug-likeness (QED) is 0.540. The lowest BCUT2D eigenvalue weighted by molar-refractivity contribution is 0.259. The molecule has 1 aromatic carbocycles. The lowest BCUT2D eigenvalue weighted by atomic mass is 9.81. The molecule has 1 heterocycles. The number of hydrogen-bond acceptors (Lipinski definition) is 7. The monoisotopic (exact) mass is 421 g/mol. The standard InChI is InChI=1S/C20H31N5O3S/c1-14(2)11-16(13-26)21-18-22-17(23-19(24-18)25-29(5,27)28)12-20(3,4)15-9-7-6-8-10-15/h6-10,14,16,26H,11-13H2,1-5H3,(H2,21,22,23,24,25). The van der Waals surface area contributed by atoms with Crippen molar-refractivity contribution in [2.75, 3.05) is 22.9 Å². The Morgan fingerprint density at radius 3 is 2.24 bits per heavy atom. The number of aliphatic hydroxyl groups excluding tert-OH is 1. The van der Waals surface area contributed by atoms with Gasteiger partial charge in [-0.2, -0.15) is 15.0 Å². The maximum absolute atomic E-state index is 11.7. The Bertz CT molecular complexity index is 902. The van der Waals surface area contributed by atoms with Crippen molar-refractivity contribution in [3.8, 4) is 0 Å². The third-order valence-electron chi connectivity index (χ3n) is 4.42. The van der Waals surface area contributed by atoms with Gasteiger partial charge in [-0.25, -0.2) is 8.42 Å². The minimum Gasteiger partial charge on any atom is -0.394 e. The van der Waals surface area contributed by atoms with Crippen LogP contribution in [-0.4, -0.2) is 47.4 Å². The van der Waals surface area contributed by atoms with Crippen molar-refractivity contribution in [1.29, 1.82) is 0 Å². The predicted molar refractivity (Wildman–Crippen MR) is 115 cm³/mol. The summed E-state index contributed by atoms with van der Waals surface area (Å²) in [5.74, 6) is 1.03. The Morgan fingerprint density at radius 2 is 1.69 bits per heavy atom. The van der Waals surface area contributed by atoms with Crippen molar-refractivity contribution in [2.24, 2.45) is 5.92 Å². The molecular weight excluding hydrogens is 390 g/mol. The van der Waals surface area contributed by atoms with Crippen LogP contribution in [-0.2, 0) is 21.9 Å². The molecule has 29 heavy (non-hydrogen) atoms. The summed E-state index contributed by atoms with van der Waals surface area (Å²) < 4.78 is 25.7. The fourth-order valence-corrected chi connectivity index (χ4v) is 3.52. The largest absolute Gasteiger partial charge is 0.394 e. The molecule has 9 heteroatoms. The number of nitrogens with one attached hydrogen (secondary N) is 2. The van der Waals surface area contributed by atoms with Gasteiger partial charge in [0.1, 0.15) is 5.82 Å². The number of anilines is 2. The summed E-state index contributed by atoms with van der Waals surface area (Å²) in [5, 5.41) is 12.8. The van der Waals surface area contributed by atoms with Crippen LogP contribution in [0.2, 0.25) is 0 Å². The first-order valence-electron chi connectivity index (χ1n) is 9.64. The van der Waals surface area contributed by atoms with Crippen molar-refractivity contribution >= 4 is 21.9 Å². The molecule has 0 amide bonds. The van der Waals surface area contributed by atoms with Crippen molar-refractivity contribution in [1.82, 2.24) is 15.0 Å². The van der Waals surface area contributed by atoms with Gasteiger partial charge in [0.2, 0.25) is 21.9 Å². The summed E-state index contributed by atoms with van der Waals surface area (Å²) in [6, 6.07) is 9.76. The fourth-order valence-electron chi connectivity index (χ4n) is 3.09. The van der Waals surface area contributed by atoms with Crippen molar-refractivity contribution in [3.05, 3.63) is 41.7 Å². The molecule has 0 bridgehead atoms. The molecule has 2 rings (SSSR count). The number of nitrogens with zero attached hydrogens (tertiary/aromatic N) is 3. The average molecular weight is 422 g/mol. The molecule has 0 aliphatic rings. The van der Waals surface area contributed by atoms with E-state index < -0.39 is 10.0 Å². The van der Waals surface area contributed by atoms with E-state index in [1.165, 1.54) is 0 Å². The summed E-state index contributed by atoms with van der Waals surface area (Å²) in [6.45, 7) is 8.20. The predicted octanol–water partition coefficient (Wildman–Crippen LogP) is 2.58. The van der Waals surface area contributed by atoms with Crippen LogP contribution in [0.25, 0.3) is 0 Å². The highest BCUT2D eigenvalue weighted by Gasteiger charge is 2.24. The topological polar surface area (TPSA) is 117 Å². The molecule has 2 aromatic rings. The number of aliphatic hydroxyl groups is 1. The molecule has 160 valence electrons. The fraction of sp³-hybridized carbons (Fsp3) is 0.550. The second kappa shape index (κ2) is 9.49. The van der Waals surface area contributed by atoms with E-state index in [9.17, 15) is 13.5 Å². The molecule has 1 aromatic heterocycles. The molecular formula is C20H31N5O3S. The van der Waals surface area contributed by atoms with E-state index in [1.54, 1.807) is 0 Å². The number of hydrogen-bond donors (Lipinski definition) is 3. The van der Waals surface area contributed by atoms with Crippen LogP contribution < -0.4 is 10.0 Å². The van der Waals surface area contributed by atoms with Crippen molar-refractivity contribution in [3.63, 3.8) is 0 Å². The van der Waals surface area contributed by atoms with Gasteiger partial charge in [-0.1, -0.05) is 58.0 Å². The Balaban J connectivity index is 2.36. The van der Waals surface area contributed by atoms with Gasteiger partial charge in [0.15, 0.2) is 0 Å². The zero-order valence-corrected chi connectivity index (χ0v) is 18.5. The second-order valence-corrected chi connectivity index (χ2v) is 10.1. The molecule has 0 spiro atoms. The lowest BCUT2D eigenvalue weighted by Crippen LogP contribution is -2.28. The first kappa shape index (κ1) is 23.0. The van der Waals surface area contributed by atoms with E-state index in [-0.39, 0.29) is 30.0 Å². The maximum atomic E-state index is 11.7. The van der Waals surface area contributed by atoms with E-state index in [2.05, 4.69) is 52.7 Å². The summed E-state index contributed by atoms with van der Waals surface area (Å²) in [6.07, 6.45) is 2.26. The minimum absolute atomic E-state index is 0.0369. The lowest BCUT2D eigenvalue weighted by Gasteiger charge is -2.25. The minimum atomic E-state index is -3.54. The zero-order valence-electron chi connectivity index (χ0n) is 17.7. The highest BCUT2D eigenvalue weighted by atomic mass is 32.2. The highest BCUT2D eigenvalue weighted by molar-refractivity contribution is 7.91. The number of benzene rings is 1. The zero-order chi connectivity index (χ0) is 21.7. The van der Waals surface area contributed by atoms with Crippen LogP contribution in [0.4, 0.5) is 11.9 Å². The molecule has 3 N–H and O–H groups in total. The van der Waals surface area contributed by atoms with Crippen LogP contribution in [0.15, 0.2) is 30.3 Å². The van der Waals surface area contributed by atoms with Gasteiger partial charge in [0.25, 0.3) is 0 Å². The molecule has 1 unspecified atom stereocenters. The van der Waals surface area contributed by atoms with E-state index in [1.807, 2.05) is 30.3 Å². The number of aromatic nitrogens is 3. The van der Waals surface area contributed by atoms with Crippen LogP contribution in [0.3, 0.4) is 0 Å². The van der Waals surface area contributed by atoms with Crippen LogP contribution in [0.5, 0.6) is 0 Å². The Hall–Kier alpha value is -2.26. The Kier molecular flexibility index (Phi) is 7.54. The second-order valence-electron chi connectivity index (χ2n) is 8.35. The summed E-state index contributed by atoms with van der Waals surface area (Å²) in [4.78, 5) is 13.0. The molecule has 0 saturated heterocycles. The van der Waals surface area contributed by atoms with Crippen LogP contribution in [0.1, 0.15) is 45.5 Å². The first-order chi connectivity index (χ1) is 13.5. The van der Waals surface area contributed by atoms with Gasteiger partial charge >= 0.3 is 0 Å². The summed E-state index contributed by atoms with van der Waals surface area (Å²) in [5.41, 5.74) is 0.858. The third kappa shape index (κ3) is 7.58. The molecule has 1 atom stereocenters. The van der Waals surface area contributed by atoms with Gasteiger partial charge in [-0.3, -0.25) is 4.72 Å². The van der Waals surface area contributed by atoms with Crippen LogP contribution in [0, 0.1) is 5.92 Å². The molecule has 0 radical (unpaired) electrons. The van der Waals surface area contributed by atoms with Gasteiger partial charge in [0.05, 0.1) is 18.9 Å². The molecule has 0 aliphatic carbocycles. The van der Waals surface area contributed by atoms with E-state index >= 15 is 0 Å². The highest BCUT2D eigenvalue weighted by Crippen LogP contribution is 2.27. The van der Waals surface area contributed by atoms with Gasteiger partial charge in [-0.05, 0) is 23.3 Å². The number of sulfonamides is 1. The van der Waals surface area contributed by atoms with Crippen molar-refractivity contribution in [2.45, 2.75) is 52.0 Å². The molecule has 0 aliphatic heterocycles. The number of rotatable bonds is 10. The van der Waals surface area contributed by atoms with E-state index in [0.29, 0.717) is 18.2 Å². The normalized spacial score (nSPS) is 13.3. The first-order valence-corrected chi connectivity index (χ1v) is 11.5. The van der Waals surface area contributed by atoms with Gasteiger partial charge in [-0.15, -0.1) is 0 Å². The summed E-state index contributed by atoms with van der Waals surface area (Å²) in [7, 11) is -3.54. The van der Waals surface area contributed by atoms with Crippen molar-refractivity contribution < 1.29 is 13.5 Å². The van der Waals surface area contributed by atoms with E-state index in [4.69, 9.17) is 0 Å². The molecule has 8 nitrogen and oxygen atoms in total. The van der Waals surface area contributed by atoms with E-state index in [0.717, 1.165) is 18.2 Å². The average Bonchev–Trinajstić information content (AvgIpc) is 2.59.